The van der Waals surface area contributed by atoms with Gasteiger partial charge in [-0.1, -0.05) is 25.4 Å². The van der Waals surface area contributed by atoms with Gasteiger partial charge in [0.2, 0.25) is 11.9 Å². The predicted molar refractivity (Wildman–Crippen MR) is 276 cm³/mol. The van der Waals surface area contributed by atoms with E-state index in [1.165, 1.54) is 73.3 Å². The average molecular weight is 964 g/mol. The first-order valence-corrected chi connectivity index (χ1v) is 25.3. The molecule has 2 fully saturated rings. The van der Waals surface area contributed by atoms with E-state index >= 15 is 0 Å². The van der Waals surface area contributed by atoms with Crippen LogP contribution in [-0.4, -0.2) is 78.7 Å². The molecule has 0 radical (unpaired) electrons. The van der Waals surface area contributed by atoms with Crippen LogP contribution in [0.5, 0.6) is 0 Å². The summed E-state index contributed by atoms with van der Waals surface area (Å²) >= 11 is 5.86. The molecule has 0 bridgehead atoms. The van der Waals surface area contributed by atoms with E-state index in [-0.39, 0.29) is 6.09 Å². The Labute approximate surface area is 413 Å². The summed E-state index contributed by atoms with van der Waals surface area (Å²) in [4.78, 5) is 49.3. The summed E-state index contributed by atoms with van der Waals surface area (Å²) in [6.07, 6.45) is 26.5. The number of hydrogen-bond acceptors (Lipinski definition) is 13. The fourth-order valence-electron chi connectivity index (χ4n) is 10.6. The Morgan fingerprint density at radius 1 is 0.714 bits per heavy atom. The number of nitrogens with two attached hydrogens (primary N) is 1. The number of amides is 1. The van der Waals surface area contributed by atoms with Crippen LogP contribution < -0.4 is 16.4 Å². The molecule has 12 rings (SSSR count). The van der Waals surface area contributed by atoms with Crippen molar-refractivity contribution in [1.29, 1.82) is 0 Å². The topological polar surface area (TPSA) is 193 Å². The molecule has 8 aromatic rings. The van der Waals surface area contributed by atoms with Gasteiger partial charge < -0.3 is 35.1 Å². The number of fused-ring (bicyclic) bond motifs is 8. The number of anilines is 3. The van der Waals surface area contributed by atoms with Crippen molar-refractivity contribution in [2.45, 2.75) is 130 Å². The number of ether oxygens (including phenoxy) is 1. The smallest absolute Gasteiger partial charge is 0.410 e. The largest absolute Gasteiger partial charge is 0.444 e. The lowest BCUT2D eigenvalue weighted by molar-refractivity contribution is 0.0223. The van der Waals surface area contributed by atoms with Gasteiger partial charge in [0.05, 0.1) is 23.4 Å². The van der Waals surface area contributed by atoms with E-state index in [4.69, 9.17) is 27.1 Å². The maximum atomic E-state index is 12.0. The molecule has 4 aliphatic rings. The van der Waals surface area contributed by atoms with Crippen LogP contribution in [0.15, 0.2) is 73.8 Å². The van der Waals surface area contributed by atoms with Gasteiger partial charge in [0, 0.05) is 90.4 Å². The van der Waals surface area contributed by atoms with Crippen molar-refractivity contribution >= 4 is 79.3 Å². The molecule has 0 unspecified atom stereocenters. The normalized spacial score (nSPS) is 20.2. The lowest BCUT2D eigenvalue weighted by Gasteiger charge is -2.31. The predicted octanol–water partition coefficient (Wildman–Crippen LogP) is 10.9. The SMILES string of the molecule is CC(C)(C)OC(=O)N1CCc2cnc(Cl)cc2C1.CC1CCC(n2c3cnccc3c3cnc(N)nc32)CC1.CC1CCC(n2c3cnccc3c3cnc(Nc4cc5c(cn4)CCNC5)nc32)CC1. The van der Waals surface area contributed by atoms with Crippen molar-refractivity contribution in [1.82, 2.24) is 59.2 Å². The van der Waals surface area contributed by atoms with Crippen molar-refractivity contribution in [3.8, 4) is 0 Å². The van der Waals surface area contributed by atoms with Gasteiger partial charge in [-0.15, -0.1) is 0 Å². The minimum Gasteiger partial charge on any atom is -0.444 e. The number of nitrogens with zero attached hydrogens (tertiary/aromatic N) is 11. The van der Waals surface area contributed by atoms with Crippen molar-refractivity contribution in [3.63, 3.8) is 0 Å². The van der Waals surface area contributed by atoms with E-state index in [1.807, 2.05) is 76.3 Å². The molecule has 2 saturated carbocycles. The second kappa shape index (κ2) is 20.1. The number of carbonyl (C=O) groups is 1. The molecule has 364 valence electrons. The summed E-state index contributed by atoms with van der Waals surface area (Å²) in [6, 6.07) is 8.98. The Morgan fingerprint density at radius 3 is 1.96 bits per heavy atom. The number of pyridine rings is 4. The summed E-state index contributed by atoms with van der Waals surface area (Å²) in [7, 11) is 0. The van der Waals surface area contributed by atoms with Gasteiger partial charge in [0.15, 0.2) is 0 Å². The Balaban J connectivity index is 0.000000128. The van der Waals surface area contributed by atoms with E-state index in [1.54, 1.807) is 11.1 Å². The molecular formula is C53H63ClN14O2. The second-order valence-corrected chi connectivity index (χ2v) is 21.0. The van der Waals surface area contributed by atoms with E-state index in [2.05, 4.69) is 80.6 Å². The van der Waals surface area contributed by atoms with Crippen LogP contribution in [0, 0.1) is 11.8 Å². The molecule has 10 heterocycles. The number of halogens is 1. The van der Waals surface area contributed by atoms with Crippen LogP contribution in [0.4, 0.5) is 22.5 Å². The molecule has 1 amide bonds. The standard InChI is InChI=1S/C24H27N7.C16H19N5.C13H17ClN2O2/c1-15-2-4-18(5-3-15)31-21-14-26-9-7-19(21)20-13-28-24(30-23(20)31)29-22-10-17-11-25-8-6-16(17)12-27-22;1-10-2-4-11(5-3-10)21-14-9-18-7-6-12(14)13-8-19-16(17)20-15(13)21;1-13(2,3)18-12(17)16-5-4-9-7-15-11(14)6-10(9)8-16/h7,9-10,12-15,18,25H,2-6,8,11H2,1H3,(H,27,28,29,30);6-11H,2-5H2,1H3,(H2,17,19,20);6-7H,4-5,8H2,1-3H3. The summed E-state index contributed by atoms with van der Waals surface area (Å²) in [5, 5.41) is 11.7. The highest BCUT2D eigenvalue weighted by Gasteiger charge is 2.28. The Morgan fingerprint density at radius 2 is 1.31 bits per heavy atom. The molecule has 0 aromatic carbocycles. The van der Waals surface area contributed by atoms with E-state index in [0.717, 1.165) is 87.8 Å². The van der Waals surface area contributed by atoms with Gasteiger partial charge in [-0.3, -0.25) is 9.97 Å². The molecule has 2 aliphatic heterocycles. The zero-order valence-electron chi connectivity index (χ0n) is 40.8. The fraction of sp³-hybridized carbons (Fsp3) is 0.453. The van der Waals surface area contributed by atoms with Gasteiger partial charge in [-0.2, -0.15) is 9.97 Å². The van der Waals surface area contributed by atoms with Crippen molar-refractivity contribution in [2.24, 2.45) is 11.8 Å². The van der Waals surface area contributed by atoms with Crippen molar-refractivity contribution < 1.29 is 9.53 Å². The molecule has 0 saturated heterocycles. The number of rotatable bonds is 4. The van der Waals surface area contributed by atoms with Gasteiger partial charge >= 0.3 is 6.09 Å². The number of aromatic nitrogens is 10. The minimum absolute atomic E-state index is 0.277. The van der Waals surface area contributed by atoms with Crippen LogP contribution in [0.2, 0.25) is 5.15 Å². The Bertz CT molecular complexity index is 3170. The minimum atomic E-state index is -0.465. The van der Waals surface area contributed by atoms with Crippen molar-refractivity contribution in [3.05, 3.63) is 101 Å². The monoisotopic (exact) mass is 962 g/mol. The number of hydrogen-bond donors (Lipinski definition) is 3. The third-order valence-electron chi connectivity index (χ3n) is 14.3. The number of nitrogens with one attached hydrogen (secondary N) is 2. The van der Waals surface area contributed by atoms with Gasteiger partial charge in [0.25, 0.3) is 0 Å². The molecule has 4 N–H and O–H groups in total. The lowest BCUT2D eigenvalue weighted by atomic mass is 9.87. The first-order chi connectivity index (χ1) is 33.8. The number of carbonyl (C=O) groups excluding carboxylic acids is 1. The highest BCUT2D eigenvalue weighted by molar-refractivity contribution is 6.29. The fourth-order valence-corrected chi connectivity index (χ4v) is 10.8. The first-order valence-electron chi connectivity index (χ1n) is 24.9. The average Bonchev–Trinajstić information content (AvgIpc) is 3.86. The van der Waals surface area contributed by atoms with Crippen LogP contribution >= 0.6 is 11.6 Å². The number of nitrogen functional groups attached to an aromatic ring is 1. The molecule has 2 aliphatic carbocycles. The summed E-state index contributed by atoms with van der Waals surface area (Å²) < 4.78 is 10.1. The molecule has 8 aromatic heterocycles. The summed E-state index contributed by atoms with van der Waals surface area (Å²) in [5.74, 6) is 3.34. The highest BCUT2D eigenvalue weighted by Crippen LogP contribution is 2.40. The zero-order valence-corrected chi connectivity index (χ0v) is 41.6. The first kappa shape index (κ1) is 47.2. The van der Waals surface area contributed by atoms with E-state index in [9.17, 15) is 4.79 Å². The summed E-state index contributed by atoms with van der Waals surface area (Å²) in [5.41, 5.74) is 14.4. The van der Waals surface area contributed by atoms with Gasteiger partial charge in [-0.05, 0) is 150 Å². The van der Waals surface area contributed by atoms with Gasteiger partial charge in [0.1, 0.15) is 27.9 Å². The maximum Gasteiger partial charge on any atom is 0.410 e. The Hall–Kier alpha value is -6.52. The molecule has 0 spiro atoms. The molecule has 0 atom stereocenters. The van der Waals surface area contributed by atoms with Crippen LogP contribution in [0.3, 0.4) is 0 Å². The van der Waals surface area contributed by atoms with Crippen molar-refractivity contribution in [2.75, 3.05) is 24.1 Å². The Kier molecular flexibility index (Phi) is 13.5. The quantitative estimate of drug-likeness (QED) is 0.141. The third kappa shape index (κ3) is 10.2. The summed E-state index contributed by atoms with van der Waals surface area (Å²) in [6.45, 7) is 13.4. The maximum absolute atomic E-state index is 12.0. The van der Waals surface area contributed by atoms with Crippen LogP contribution in [-0.2, 0) is 30.7 Å². The van der Waals surface area contributed by atoms with E-state index < -0.39 is 5.60 Å². The second-order valence-electron chi connectivity index (χ2n) is 20.6. The molecular weight excluding hydrogens is 900 g/mol. The van der Waals surface area contributed by atoms with E-state index in [0.29, 0.717) is 42.2 Å². The van der Waals surface area contributed by atoms with Crippen LogP contribution in [0.25, 0.3) is 43.9 Å². The third-order valence-corrected chi connectivity index (χ3v) is 14.5. The zero-order chi connectivity index (χ0) is 48.5. The molecule has 70 heavy (non-hydrogen) atoms. The lowest BCUT2D eigenvalue weighted by Crippen LogP contribution is -2.39. The molecule has 16 nitrogen and oxygen atoms in total. The molecule has 17 heteroatoms. The van der Waals surface area contributed by atoms with Crippen LogP contribution in [0.1, 0.15) is 120 Å². The highest BCUT2D eigenvalue weighted by atomic mass is 35.5. The van der Waals surface area contributed by atoms with Gasteiger partial charge in [-0.25, -0.2) is 24.7 Å².